The van der Waals surface area contributed by atoms with Crippen molar-refractivity contribution in [1.29, 1.82) is 0 Å². The van der Waals surface area contributed by atoms with Gasteiger partial charge in [-0.1, -0.05) is 30.3 Å². The molecule has 1 aromatic carbocycles. The van der Waals surface area contributed by atoms with Crippen molar-refractivity contribution >= 4 is 5.91 Å². The van der Waals surface area contributed by atoms with E-state index >= 15 is 0 Å². The van der Waals surface area contributed by atoms with Gasteiger partial charge < -0.3 is 5.32 Å². The highest BCUT2D eigenvalue weighted by Gasteiger charge is 2.20. The highest BCUT2D eigenvalue weighted by atomic mass is 16.2. The van der Waals surface area contributed by atoms with Crippen LogP contribution in [0.15, 0.2) is 54.9 Å². The van der Waals surface area contributed by atoms with E-state index in [1.54, 1.807) is 7.05 Å². The van der Waals surface area contributed by atoms with Crippen LogP contribution in [0.1, 0.15) is 13.0 Å². The minimum absolute atomic E-state index is 0.00483. The van der Waals surface area contributed by atoms with Crippen molar-refractivity contribution in [3.63, 3.8) is 0 Å². The lowest BCUT2D eigenvalue weighted by Gasteiger charge is -2.06. The van der Waals surface area contributed by atoms with Gasteiger partial charge in [0.1, 0.15) is 0 Å². The molecule has 1 N–H and O–H groups in total. The van der Waals surface area contributed by atoms with Crippen molar-refractivity contribution in [1.82, 2.24) is 5.32 Å². The van der Waals surface area contributed by atoms with Crippen molar-refractivity contribution in [2.45, 2.75) is 13.0 Å². The second kappa shape index (κ2) is 5.45. The van der Waals surface area contributed by atoms with Gasteiger partial charge in [-0.05, 0) is 11.6 Å². The molecule has 1 atom stereocenters. The summed E-state index contributed by atoms with van der Waals surface area (Å²) < 4.78 is 1.92. The fourth-order valence-corrected chi connectivity index (χ4v) is 1.88. The Balaban J connectivity index is 2.34. The number of benzene rings is 1. The maximum absolute atomic E-state index is 11.6. The molecule has 1 amide bonds. The fraction of sp³-hybridized carbons (Fsp3) is 0.200. The summed E-state index contributed by atoms with van der Waals surface area (Å²) in [6.07, 6.45) is 3.90. The molecule has 3 nitrogen and oxygen atoms in total. The van der Waals surface area contributed by atoms with Crippen LogP contribution >= 0.6 is 0 Å². The summed E-state index contributed by atoms with van der Waals surface area (Å²) in [6, 6.07) is 13.9. The van der Waals surface area contributed by atoms with Crippen LogP contribution < -0.4 is 9.88 Å². The van der Waals surface area contributed by atoms with E-state index in [4.69, 9.17) is 0 Å². The molecule has 2 rings (SSSR count). The molecule has 0 aliphatic rings. The van der Waals surface area contributed by atoms with Gasteiger partial charge in [0.25, 0.3) is 5.91 Å². The van der Waals surface area contributed by atoms with E-state index in [-0.39, 0.29) is 11.9 Å². The lowest BCUT2D eigenvalue weighted by molar-refractivity contribution is -0.705. The molecule has 1 aromatic heterocycles. The van der Waals surface area contributed by atoms with Crippen LogP contribution in [-0.2, 0) is 4.79 Å². The molecule has 2 aromatic rings. The summed E-state index contributed by atoms with van der Waals surface area (Å²) in [7, 11) is 1.65. The number of hydrogen-bond acceptors (Lipinski definition) is 1. The Morgan fingerprint density at radius 3 is 2.44 bits per heavy atom. The van der Waals surface area contributed by atoms with E-state index in [0.29, 0.717) is 0 Å². The second-order valence-corrected chi connectivity index (χ2v) is 4.20. The standard InChI is InChI=1S/C15H16N2O/c1-12(15(18)16-2)17-10-6-9-14(11-17)13-7-4-3-5-8-13/h3-12H,1-2H3/p+1. The zero-order valence-electron chi connectivity index (χ0n) is 10.6. The molecule has 3 heteroatoms. The van der Waals surface area contributed by atoms with E-state index in [2.05, 4.69) is 17.4 Å². The van der Waals surface area contributed by atoms with Crippen molar-refractivity contribution in [3.8, 4) is 11.1 Å². The average Bonchev–Trinajstić information content (AvgIpc) is 2.46. The lowest BCUT2D eigenvalue weighted by atomic mass is 10.1. The third kappa shape index (κ3) is 2.56. The number of nitrogens with zero attached hydrogens (tertiary/aromatic N) is 1. The van der Waals surface area contributed by atoms with Gasteiger partial charge in [0.2, 0.25) is 6.04 Å². The van der Waals surface area contributed by atoms with Crippen LogP contribution in [0.25, 0.3) is 11.1 Å². The first-order valence-corrected chi connectivity index (χ1v) is 6.00. The van der Waals surface area contributed by atoms with Gasteiger partial charge in [0.05, 0.1) is 0 Å². The molecule has 0 radical (unpaired) electrons. The summed E-state index contributed by atoms with van der Waals surface area (Å²) in [4.78, 5) is 11.6. The first kappa shape index (κ1) is 12.3. The molecule has 0 bridgehead atoms. The van der Waals surface area contributed by atoms with Gasteiger partial charge in [-0.25, -0.2) is 0 Å². The fourth-order valence-electron chi connectivity index (χ4n) is 1.88. The number of hydrogen-bond donors (Lipinski definition) is 1. The van der Waals surface area contributed by atoms with Crippen LogP contribution in [0, 0.1) is 0 Å². The van der Waals surface area contributed by atoms with Gasteiger partial charge in [0, 0.05) is 25.6 Å². The van der Waals surface area contributed by atoms with Gasteiger partial charge in [-0.3, -0.25) is 4.79 Å². The number of aromatic nitrogens is 1. The van der Waals surface area contributed by atoms with Crippen LogP contribution in [0.4, 0.5) is 0 Å². The quantitative estimate of drug-likeness (QED) is 0.819. The molecule has 1 heterocycles. The van der Waals surface area contributed by atoms with E-state index in [1.165, 1.54) is 0 Å². The molecule has 0 fully saturated rings. The number of nitrogens with one attached hydrogen (secondary N) is 1. The van der Waals surface area contributed by atoms with E-state index in [0.717, 1.165) is 11.1 Å². The Kier molecular flexibility index (Phi) is 3.72. The number of likely N-dealkylation sites (N-methyl/N-ethyl adjacent to an activating group) is 1. The molecular weight excluding hydrogens is 224 g/mol. The Morgan fingerprint density at radius 1 is 1.11 bits per heavy atom. The Labute approximate surface area is 107 Å². The molecule has 1 unspecified atom stereocenters. The normalized spacial score (nSPS) is 11.9. The molecular formula is C15H17N2O+. The highest BCUT2D eigenvalue weighted by molar-refractivity contribution is 5.77. The third-order valence-electron chi connectivity index (χ3n) is 3.00. The summed E-state index contributed by atoms with van der Waals surface area (Å²) >= 11 is 0. The van der Waals surface area contributed by atoms with Crippen LogP contribution in [0.5, 0.6) is 0 Å². The van der Waals surface area contributed by atoms with Gasteiger partial charge in [0.15, 0.2) is 12.4 Å². The van der Waals surface area contributed by atoms with E-state index in [9.17, 15) is 4.79 Å². The van der Waals surface area contributed by atoms with Crippen molar-refractivity contribution in [2.24, 2.45) is 0 Å². The number of carbonyl (C=O) groups excluding carboxylic acids is 1. The minimum Gasteiger partial charge on any atom is -0.353 e. The Morgan fingerprint density at radius 2 is 1.78 bits per heavy atom. The molecule has 18 heavy (non-hydrogen) atoms. The van der Waals surface area contributed by atoms with Gasteiger partial charge in [-0.15, -0.1) is 0 Å². The largest absolute Gasteiger partial charge is 0.353 e. The third-order valence-corrected chi connectivity index (χ3v) is 3.00. The average molecular weight is 241 g/mol. The van der Waals surface area contributed by atoms with Crippen molar-refractivity contribution in [2.75, 3.05) is 7.05 Å². The van der Waals surface area contributed by atoms with E-state index < -0.39 is 0 Å². The first-order chi connectivity index (χ1) is 8.72. The maximum Gasteiger partial charge on any atom is 0.288 e. The van der Waals surface area contributed by atoms with Crippen LogP contribution in [0.3, 0.4) is 0 Å². The predicted molar refractivity (Wildman–Crippen MR) is 70.9 cm³/mol. The molecule has 0 saturated carbocycles. The number of pyridine rings is 1. The monoisotopic (exact) mass is 241 g/mol. The van der Waals surface area contributed by atoms with Crippen molar-refractivity contribution in [3.05, 3.63) is 54.9 Å². The number of rotatable bonds is 3. The topological polar surface area (TPSA) is 33.0 Å². The summed E-state index contributed by atoms with van der Waals surface area (Å²) in [6.45, 7) is 1.88. The zero-order valence-corrected chi connectivity index (χ0v) is 10.6. The summed E-state index contributed by atoms with van der Waals surface area (Å²) in [5.41, 5.74) is 2.25. The second-order valence-electron chi connectivity index (χ2n) is 4.20. The Hall–Kier alpha value is -2.16. The number of amides is 1. The maximum atomic E-state index is 11.6. The molecule has 0 spiro atoms. The summed E-state index contributed by atoms with van der Waals surface area (Å²) in [5, 5.41) is 2.66. The van der Waals surface area contributed by atoms with Crippen LogP contribution in [-0.4, -0.2) is 13.0 Å². The Bertz CT molecular complexity index is 537. The molecule has 0 saturated heterocycles. The number of carbonyl (C=O) groups is 1. The van der Waals surface area contributed by atoms with E-state index in [1.807, 2.05) is 54.2 Å². The molecule has 0 aliphatic carbocycles. The van der Waals surface area contributed by atoms with Crippen LogP contribution in [0.2, 0.25) is 0 Å². The molecule has 92 valence electrons. The van der Waals surface area contributed by atoms with Gasteiger partial charge >= 0.3 is 0 Å². The zero-order chi connectivity index (χ0) is 13.0. The first-order valence-electron chi connectivity index (χ1n) is 6.00. The lowest BCUT2D eigenvalue weighted by Crippen LogP contribution is -2.45. The minimum atomic E-state index is -0.210. The van der Waals surface area contributed by atoms with Crippen molar-refractivity contribution < 1.29 is 9.36 Å². The molecule has 0 aliphatic heterocycles. The highest BCUT2D eigenvalue weighted by Crippen LogP contribution is 2.16. The van der Waals surface area contributed by atoms with Gasteiger partial charge in [-0.2, -0.15) is 4.57 Å². The smallest absolute Gasteiger partial charge is 0.288 e. The SMILES string of the molecule is CNC(=O)C(C)[n+]1cccc(-c2ccccc2)c1. The predicted octanol–water partition coefficient (Wildman–Crippen LogP) is 1.95. The summed E-state index contributed by atoms with van der Waals surface area (Å²) in [5.74, 6) is 0.00483.